The summed E-state index contributed by atoms with van der Waals surface area (Å²) in [6.45, 7) is 9.83. The van der Waals surface area contributed by atoms with Crippen LogP contribution in [0.5, 0.6) is 0 Å². The van der Waals surface area contributed by atoms with Crippen molar-refractivity contribution in [1.29, 1.82) is 0 Å². The fourth-order valence-electron chi connectivity index (χ4n) is 4.53. The third kappa shape index (κ3) is 5.19. The fraction of sp³-hybridized carbons (Fsp3) is 0.500. The van der Waals surface area contributed by atoms with E-state index < -0.39 is 0 Å². The lowest BCUT2D eigenvalue weighted by molar-refractivity contribution is 0.0966. The van der Waals surface area contributed by atoms with Gasteiger partial charge in [0.25, 0.3) is 0 Å². The average molecular weight is 364 g/mol. The highest BCUT2D eigenvalue weighted by molar-refractivity contribution is 5.63. The van der Waals surface area contributed by atoms with Crippen molar-refractivity contribution in [2.45, 2.75) is 19.4 Å². The topological polar surface area (TPSA) is 9.72 Å². The molecule has 0 bridgehead atoms. The van der Waals surface area contributed by atoms with E-state index in [-0.39, 0.29) is 0 Å². The van der Waals surface area contributed by atoms with Gasteiger partial charge in [-0.05, 0) is 49.0 Å². The molecule has 3 nitrogen and oxygen atoms in total. The van der Waals surface area contributed by atoms with Crippen molar-refractivity contribution in [2.75, 3.05) is 52.9 Å². The first-order chi connectivity index (χ1) is 13.3. The maximum absolute atomic E-state index is 2.68. The molecule has 2 fully saturated rings. The van der Waals surface area contributed by atoms with Crippen LogP contribution >= 0.6 is 0 Å². The van der Waals surface area contributed by atoms with E-state index in [4.69, 9.17) is 0 Å². The van der Waals surface area contributed by atoms with Crippen LogP contribution in [0.4, 0.5) is 0 Å². The summed E-state index contributed by atoms with van der Waals surface area (Å²) < 4.78 is 0. The molecule has 144 valence electrons. The average Bonchev–Trinajstić information content (AvgIpc) is 2.71. The molecule has 0 unspecified atom stereocenters. The van der Waals surface area contributed by atoms with E-state index in [0.717, 1.165) is 12.5 Å². The van der Waals surface area contributed by atoms with Gasteiger partial charge in [-0.1, -0.05) is 54.6 Å². The van der Waals surface area contributed by atoms with Crippen molar-refractivity contribution in [3.63, 3.8) is 0 Å². The standard InChI is InChI=1S/C24H33N3/c1-25-14-16-26(17-15-25)19-22-6-5-13-27(20-22)18-21-9-11-24(12-10-21)23-7-3-2-4-8-23/h2-4,7-12,22H,5-6,13-20H2,1H3/t22-/m1/s1. The Morgan fingerprint density at radius 3 is 2.22 bits per heavy atom. The van der Waals surface area contributed by atoms with E-state index >= 15 is 0 Å². The maximum atomic E-state index is 2.68. The molecular formula is C24H33N3. The Bertz CT molecular complexity index is 689. The van der Waals surface area contributed by atoms with Crippen LogP contribution in [-0.2, 0) is 6.54 Å². The van der Waals surface area contributed by atoms with Gasteiger partial charge in [0, 0.05) is 45.8 Å². The van der Waals surface area contributed by atoms with Crippen LogP contribution in [0.15, 0.2) is 54.6 Å². The number of likely N-dealkylation sites (N-methyl/N-ethyl adjacent to an activating group) is 1. The summed E-state index contributed by atoms with van der Waals surface area (Å²) in [6.07, 6.45) is 2.75. The number of nitrogens with zero attached hydrogens (tertiary/aromatic N) is 3. The molecule has 0 aliphatic carbocycles. The third-order valence-corrected chi connectivity index (χ3v) is 6.18. The van der Waals surface area contributed by atoms with Crippen LogP contribution in [-0.4, -0.2) is 67.6 Å². The number of rotatable bonds is 5. The Labute approximate surface area is 164 Å². The number of hydrogen-bond donors (Lipinski definition) is 0. The molecule has 0 N–H and O–H groups in total. The van der Waals surface area contributed by atoms with Gasteiger partial charge in [0.2, 0.25) is 0 Å². The largest absolute Gasteiger partial charge is 0.304 e. The van der Waals surface area contributed by atoms with Gasteiger partial charge in [-0.15, -0.1) is 0 Å². The maximum Gasteiger partial charge on any atom is 0.0233 e. The molecular weight excluding hydrogens is 330 g/mol. The lowest BCUT2D eigenvalue weighted by Crippen LogP contribution is -2.48. The van der Waals surface area contributed by atoms with Crippen LogP contribution < -0.4 is 0 Å². The molecule has 2 aromatic carbocycles. The van der Waals surface area contributed by atoms with Crippen molar-refractivity contribution in [3.05, 3.63) is 60.2 Å². The molecule has 0 amide bonds. The van der Waals surface area contributed by atoms with E-state index in [1.54, 1.807) is 0 Å². The SMILES string of the molecule is CN1CCN(C[C@H]2CCCN(Cc3ccc(-c4ccccc4)cc3)C2)CC1. The van der Waals surface area contributed by atoms with Gasteiger partial charge in [-0.3, -0.25) is 4.90 Å². The van der Waals surface area contributed by atoms with E-state index in [2.05, 4.69) is 76.3 Å². The second kappa shape index (κ2) is 9.01. The Kier molecular flexibility index (Phi) is 6.23. The smallest absolute Gasteiger partial charge is 0.0233 e. The highest BCUT2D eigenvalue weighted by Crippen LogP contribution is 2.23. The van der Waals surface area contributed by atoms with E-state index in [1.807, 2.05) is 0 Å². The minimum atomic E-state index is 0.839. The fourth-order valence-corrected chi connectivity index (χ4v) is 4.53. The quantitative estimate of drug-likeness (QED) is 0.800. The van der Waals surface area contributed by atoms with Crippen LogP contribution in [0.25, 0.3) is 11.1 Å². The number of piperidine rings is 1. The molecule has 27 heavy (non-hydrogen) atoms. The first kappa shape index (κ1) is 18.7. The molecule has 1 atom stereocenters. The van der Waals surface area contributed by atoms with Crippen molar-refractivity contribution < 1.29 is 0 Å². The Morgan fingerprint density at radius 2 is 1.48 bits per heavy atom. The predicted octanol–water partition coefficient (Wildman–Crippen LogP) is 3.81. The van der Waals surface area contributed by atoms with Crippen molar-refractivity contribution in [1.82, 2.24) is 14.7 Å². The molecule has 2 heterocycles. The normalized spacial score (nSPS) is 22.8. The zero-order valence-corrected chi connectivity index (χ0v) is 16.7. The molecule has 4 rings (SSSR count). The summed E-state index contributed by atoms with van der Waals surface area (Å²) in [7, 11) is 2.24. The predicted molar refractivity (Wildman–Crippen MR) is 114 cm³/mol. The van der Waals surface area contributed by atoms with E-state index in [0.29, 0.717) is 0 Å². The zero-order chi connectivity index (χ0) is 18.5. The van der Waals surface area contributed by atoms with Crippen molar-refractivity contribution in [3.8, 4) is 11.1 Å². The molecule has 0 aromatic heterocycles. The molecule has 2 aliphatic heterocycles. The summed E-state index contributed by atoms with van der Waals surface area (Å²) >= 11 is 0. The Balaban J connectivity index is 1.30. The van der Waals surface area contributed by atoms with Gasteiger partial charge in [0.15, 0.2) is 0 Å². The summed E-state index contributed by atoms with van der Waals surface area (Å²) in [4.78, 5) is 7.80. The van der Waals surface area contributed by atoms with Crippen molar-refractivity contribution >= 4 is 0 Å². The summed E-state index contributed by atoms with van der Waals surface area (Å²) in [5.74, 6) is 0.839. The second-order valence-corrected chi connectivity index (χ2v) is 8.41. The number of benzene rings is 2. The van der Waals surface area contributed by atoms with Gasteiger partial charge in [-0.25, -0.2) is 0 Å². The van der Waals surface area contributed by atoms with Crippen LogP contribution in [0, 0.1) is 5.92 Å². The summed E-state index contributed by atoms with van der Waals surface area (Å²) in [6, 6.07) is 19.8. The van der Waals surface area contributed by atoms with Gasteiger partial charge < -0.3 is 9.80 Å². The molecule has 2 saturated heterocycles. The molecule has 0 saturated carbocycles. The third-order valence-electron chi connectivity index (χ3n) is 6.18. The minimum Gasteiger partial charge on any atom is -0.304 e. The van der Waals surface area contributed by atoms with Crippen LogP contribution in [0.1, 0.15) is 18.4 Å². The Morgan fingerprint density at radius 1 is 0.778 bits per heavy atom. The van der Waals surface area contributed by atoms with E-state index in [1.165, 1.54) is 75.3 Å². The first-order valence-corrected chi connectivity index (χ1v) is 10.5. The second-order valence-electron chi connectivity index (χ2n) is 8.41. The van der Waals surface area contributed by atoms with E-state index in [9.17, 15) is 0 Å². The van der Waals surface area contributed by atoms with Crippen molar-refractivity contribution in [2.24, 2.45) is 5.92 Å². The lowest BCUT2D eigenvalue weighted by atomic mass is 9.96. The molecule has 0 spiro atoms. The zero-order valence-electron chi connectivity index (χ0n) is 16.7. The molecule has 2 aliphatic rings. The molecule has 2 aromatic rings. The number of likely N-dealkylation sites (tertiary alicyclic amines) is 1. The Hall–Kier alpha value is -1.68. The molecule has 3 heteroatoms. The minimum absolute atomic E-state index is 0.839. The summed E-state index contributed by atoms with van der Waals surface area (Å²) in [5, 5.41) is 0. The number of piperazine rings is 1. The number of hydrogen-bond acceptors (Lipinski definition) is 3. The van der Waals surface area contributed by atoms with Gasteiger partial charge in [0.1, 0.15) is 0 Å². The van der Waals surface area contributed by atoms with Gasteiger partial charge in [-0.2, -0.15) is 0 Å². The lowest BCUT2D eigenvalue weighted by Gasteiger charge is -2.38. The monoisotopic (exact) mass is 363 g/mol. The van der Waals surface area contributed by atoms with Gasteiger partial charge in [0.05, 0.1) is 0 Å². The highest BCUT2D eigenvalue weighted by Gasteiger charge is 2.23. The van der Waals surface area contributed by atoms with Crippen LogP contribution in [0.3, 0.4) is 0 Å². The highest BCUT2D eigenvalue weighted by atomic mass is 15.2. The van der Waals surface area contributed by atoms with Gasteiger partial charge >= 0.3 is 0 Å². The molecule has 0 radical (unpaired) electrons. The van der Waals surface area contributed by atoms with Crippen LogP contribution in [0.2, 0.25) is 0 Å². The summed E-state index contributed by atoms with van der Waals surface area (Å²) in [5.41, 5.74) is 4.05. The first-order valence-electron chi connectivity index (χ1n) is 10.5.